The zero-order valence-electron chi connectivity index (χ0n) is 13.1. The number of hydrogen-bond donors (Lipinski definition) is 2. The summed E-state index contributed by atoms with van der Waals surface area (Å²) < 4.78 is 4.73. The van der Waals surface area contributed by atoms with Gasteiger partial charge < -0.3 is 15.4 Å². The van der Waals surface area contributed by atoms with Gasteiger partial charge >= 0.3 is 5.97 Å². The molecule has 0 spiro atoms. The number of rotatable bonds is 6. The van der Waals surface area contributed by atoms with Crippen LogP contribution in [0, 0.1) is 17.8 Å². The number of methoxy groups -OCH3 is 1. The van der Waals surface area contributed by atoms with Gasteiger partial charge in [0.15, 0.2) is 0 Å². The largest absolute Gasteiger partial charge is 0.467 e. The van der Waals surface area contributed by atoms with Crippen molar-refractivity contribution in [2.75, 3.05) is 20.2 Å². The van der Waals surface area contributed by atoms with Crippen molar-refractivity contribution in [2.24, 2.45) is 17.8 Å². The molecule has 5 nitrogen and oxygen atoms in total. The van der Waals surface area contributed by atoms with E-state index in [1.54, 1.807) is 0 Å². The first-order valence-electron chi connectivity index (χ1n) is 7.53. The zero-order valence-corrected chi connectivity index (χ0v) is 13.1. The lowest BCUT2D eigenvalue weighted by atomic mass is 9.85. The normalized spacial score (nSPS) is 22.1. The van der Waals surface area contributed by atoms with Crippen LogP contribution in [0.3, 0.4) is 0 Å². The van der Waals surface area contributed by atoms with Crippen LogP contribution in [-0.4, -0.2) is 38.1 Å². The maximum absolute atomic E-state index is 12.1. The third kappa shape index (κ3) is 5.12. The highest BCUT2D eigenvalue weighted by atomic mass is 16.5. The van der Waals surface area contributed by atoms with Crippen LogP contribution in [0.4, 0.5) is 0 Å². The molecule has 20 heavy (non-hydrogen) atoms. The van der Waals surface area contributed by atoms with Crippen molar-refractivity contribution in [2.45, 2.75) is 46.1 Å². The second-order valence-corrected chi connectivity index (χ2v) is 6.10. The molecule has 1 amide bonds. The molecule has 0 saturated carbocycles. The minimum absolute atomic E-state index is 0.0260. The van der Waals surface area contributed by atoms with Crippen LogP contribution in [-0.2, 0) is 14.3 Å². The summed E-state index contributed by atoms with van der Waals surface area (Å²) in [6.45, 7) is 7.97. The SMILES string of the molecule is COC(=O)[C@@H](NC(=O)CC(C)C1CCCNC1)C(C)C. The Hall–Kier alpha value is -1.10. The van der Waals surface area contributed by atoms with Gasteiger partial charge in [0.25, 0.3) is 0 Å². The molecule has 1 heterocycles. The lowest BCUT2D eigenvalue weighted by Crippen LogP contribution is -2.46. The zero-order chi connectivity index (χ0) is 15.1. The molecular weight excluding hydrogens is 256 g/mol. The van der Waals surface area contributed by atoms with Gasteiger partial charge in [-0.3, -0.25) is 4.79 Å². The van der Waals surface area contributed by atoms with E-state index in [1.165, 1.54) is 20.0 Å². The number of nitrogens with one attached hydrogen (secondary N) is 2. The van der Waals surface area contributed by atoms with Gasteiger partial charge in [0, 0.05) is 6.42 Å². The molecule has 3 atom stereocenters. The fourth-order valence-corrected chi connectivity index (χ4v) is 2.68. The molecule has 1 fully saturated rings. The topological polar surface area (TPSA) is 67.4 Å². The minimum atomic E-state index is -0.552. The Bertz CT molecular complexity index is 325. The summed E-state index contributed by atoms with van der Waals surface area (Å²) in [6, 6.07) is -0.552. The highest BCUT2D eigenvalue weighted by Gasteiger charge is 2.27. The molecule has 0 aromatic rings. The Morgan fingerprint density at radius 2 is 2.05 bits per heavy atom. The van der Waals surface area contributed by atoms with Gasteiger partial charge in [-0.05, 0) is 43.7 Å². The number of esters is 1. The molecule has 0 aromatic heterocycles. The third-order valence-corrected chi connectivity index (χ3v) is 4.09. The van der Waals surface area contributed by atoms with Crippen LogP contribution in [0.15, 0.2) is 0 Å². The fourth-order valence-electron chi connectivity index (χ4n) is 2.68. The molecule has 1 saturated heterocycles. The van der Waals surface area contributed by atoms with Gasteiger partial charge in [-0.25, -0.2) is 4.79 Å². The second-order valence-electron chi connectivity index (χ2n) is 6.10. The summed E-state index contributed by atoms with van der Waals surface area (Å²) in [7, 11) is 1.35. The maximum Gasteiger partial charge on any atom is 0.328 e. The van der Waals surface area contributed by atoms with E-state index in [-0.39, 0.29) is 17.8 Å². The van der Waals surface area contributed by atoms with Crippen molar-refractivity contribution < 1.29 is 14.3 Å². The van der Waals surface area contributed by atoms with Crippen LogP contribution >= 0.6 is 0 Å². The van der Waals surface area contributed by atoms with Crippen LogP contribution < -0.4 is 10.6 Å². The number of carbonyl (C=O) groups is 2. The fraction of sp³-hybridized carbons (Fsp3) is 0.867. The number of amides is 1. The predicted octanol–water partition coefficient (Wildman–Crippen LogP) is 1.33. The van der Waals surface area contributed by atoms with E-state index in [0.29, 0.717) is 18.3 Å². The van der Waals surface area contributed by atoms with E-state index in [0.717, 1.165) is 13.1 Å². The summed E-state index contributed by atoms with van der Waals surface area (Å²) in [5, 5.41) is 6.17. The Kier molecular flexibility index (Phi) is 6.99. The molecule has 2 unspecified atom stereocenters. The van der Waals surface area contributed by atoms with Crippen molar-refractivity contribution in [3.8, 4) is 0 Å². The summed E-state index contributed by atoms with van der Waals surface area (Å²) in [6.07, 6.45) is 2.81. The summed E-state index contributed by atoms with van der Waals surface area (Å²) >= 11 is 0. The summed E-state index contributed by atoms with van der Waals surface area (Å²) in [5.74, 6) is 0.462. The average Bonchev–Trinajstić information content (AvgIpc) is 2.44. The number of hydrogen-bond acceptors (Lipinski definition) is 4. The van der Waals surface area contributed by atoms with Crippen LogP contribution in [0.5, 0.6) is 0 Å². The Morgan fingerprint density at radius 1 is 1.35 bits per heavy atom. The average molecular weight is 284 g/mol. The van der Waals surface area contributed by atoms with E-state index in [4.69, 9.17) is 4.74 Å². The summed E-state index contributed by atoms with van der Waals surface area (Å²) in [5.41, 5.74) is 0. The molecule has 116 valence electrons. The third-order valence-electron chi connectivity index (χ3n) is 4.09. The molecule has 1 rings (SSSR count). The molecular formula is C15H28N2O3. The number of piperidine rings is 1. The molecule has 1 aliphatic rings. The highest BCUT2D eigenvalue weighted by Crippen LogP contribution is 2.22. The van der Waals surface area contributed by atoms with Crippen molar-refractivity contribution in [3.63, 3.8) is 0 Å². The molecule has 5 heteroatoms. The maximum atomic E-state index is 12.1. The lowest BCUT2D eigenvalue weighted by molar-refractivity contribution is -0.146. The first kappa shape index (κ1) is 17.0. The van der Waals surface area contributed by atoms with Gasteiger partial charge in [0.1, 0.15) is 6.04 Å². The van der Waals surface area contributed by atoms with Gasteiger partial charge in [0.05, 0.1) is 7.11 Å². The Labute approximate surface area is 121 Å². The van der Waals surface area contributed by atoms with Crippen molar-refractivity contribution >= 4 is 11.9 Å². The standard InChI is InChI=1S/C15H28N2O3/c1-10(2)14(15(19)20-4)17-13(18)8-11(3)12-6-5-7-16-9-12/h10-12,14,16H,5-9H2,1-4H3,(H,17,18)/t11?,12?,14-/m0/s1. The molecule has 0 radical (unpaired) electrons. The molecule has 1 aliphatic heterocycles. The predicted molar refractivity (Wildman–Crippen MR) is 78.2 cm³/mol. The van der Waals surface area contributed by atoms with E-state index >= 15 is 0 Å². The first-order chi connectivity index (χ1) is 9.45. The molecule has 0 bridgehead atoms. The van der Waals surface area contributed by atoms with Gasteiger partial charge in [-0.2, -0.15) is 0 Å². The van der Waals surface area contributed by atoms with Crippen molar-refractivity contribution in [1.82, 2.24) is 10.6 Å². The van der Waals surface area contributed by atoms with E-state index < -0.39 is 6.04 Å². The lowest BCUT2D eigenvalue weighted by Gasteiger charge is -2.28. The quantitative estimate of drug-likeness (QED) is 0.722. The van der Waals surface area contributed by atoms with E-state index in [2.05, 4.69) is 17.6 Å². The van der Waals surface area contributed by atoms with Crippen molar-refractivity contribution in [1.29, 1.82) is 0 Å². The molecule has 0 aliphatic carbocycles. The van der Waals surface area contributed by atoms with Crippen LogP contribution in [0.1, 0.15) is 40.0 Å². The van der Waals surface area contributed by atoms with Crippen LogP contribution in [0.25, 0.3) is 0 Å². The van der Waals surface area contributed by atoms with E-state index in [1.807, 2.05) is 13.8 Å². The van der Waals surface area contributed by atoms with Gasteiger partial charge in [0.2, 0.25) is 5.91 Å². The Morgan fingerprint density at radius 3 is 2.55 bits per heavy atom. The van der Waals surface area contributed by atoms with E-state index in [9.17, 15) is 9.59 Å². The molecule has 0 aromatic carbocycles. The molecule has 2 N–H and O–H groups in total. The van der Waals surface area contributed by atoms with Gasteiger partial charge in [-0.15, -0.1) is 0 Å². The van der Waals surface area contributed by atoms with Crippen molar-refractivity contribution in [3.05, 3.63) is 0 Å². The number of carbonyl (C=O) groups excluding carboxylic acids is 2. The Balaban J connectivity index is 2.46. The summed E-state index contributed by atoms with van der Waals surface area (Å²) in [4.78, 5) is 23.7. The second kappa shape index (κ2) is 8.25. The highest BCUT2D eigenvalue weighted by molar-refractivity contribution is 5.84. The smallest absolute Gasteiger partial charge is 0.328 e. The number of ether oxygens (including phenoxy) is 1. The minimum Gasteiger partial charge on any atom is -0.467 e. The van der Waals surface area contributed by atoms with Crippen LogP contribution in [0.2, 0.25) is 0 Å². The monoisotopic (exact) mass is 284 g/mol. The first-order valence-corrected chi connectivity index (χ1v) is 7.53. The van der Waals surface area contributed by atoms with Gasteiger partial charge in [-0.1, -0.05) is 20.8 Å².